The predicted molar refractivity (Wildman–Crippen MR) is 114 cm³/mol. The Morgan fingerprint density at radius 2 is 2.20 bits per heavy atom. The van der Waals surface area contributed by atoms with Crippen molar-refractivity contribution in [3.05, 3.63) is 33.7 Å². The maximum absolute atomic E-state index is 12.9. The minimum Gasteiger partial charge on any atom is -0.393 e. The third kappa shape index (κ3) is 3.76. The third-order valence-corrected chi connectivity index (χ3v) is 8.77. The van der Waals surface area contributed by atoms with Crippen molar-refractivity contribution in [2.24, 2.45) is 9.50 Å². The molecule has 2 aromatic heterocycles. The first kappa shape index (κ1) is 21.3. The Balaban J connectivity index is 1.65. The van der Waals surface area contributed by atoms with Crippen molar-refractivity contribution in [1.29, 1.82) is 0 Å². The number of nitrogens with zero attached hydrogens (tertiary/aromatic N) is 3. The van der Waals surface area contributed by atoms with Crippen molar-refractivity contribution in [3.63, 3.8) is 0 Å². The molecule has 0 bridgehead atoms. The fourth-order valence-corrected chi connectivity index (χ4v) is 6.06. The number of thiazole rings is 1. The molecule has 2 aliphatic rings. The summed E-state index contributed by atoms with van der Waals surface area (Å²) in [5.41, 5.74) is 3.27. The highest BCUT2D eigenvalue weighted by Crippen LogP contribution is 2.41. The van der Waals surface area contributed by atoms with Crippen molar-refractivity contribution < 1.29 is 19.2 Å². The lowest BCUT2D eigenvalue weighted by Gasteiger charge is -2.16. The van der Waals surface area contributed by atoms with Crippen molar-refractivity contribution in [2.45, 2.75) is 61.7 Å². The number of aryl methyl sites for hydroxylation is 1. The van der Waals surface area contributed by atoms with E-state index in [4.69, 9.17) is 10.1 Å². The normalized spacial score (nSPS) is 21.4. The molecule has 2 aromatic rings. The molecule has 2 aliphatic carbocycles. The summed E-state index contributed by atoms with van der Waals surface area (Å²) in [5.74, 6) is 0.340. The first-order valence-corrected chi connectivity index (χ1v) is 12.2. The minimum atomic E-state index is -3.56. The number of nitrogens with two attached hydrogens (primary N) is 1. The van der Waals surface area contributed by atoms with E-state index in [9.17, 15) is 19.2 Å². The Hall–Kier alpha value is -1.92. The molecule has 0 saturated carbocycles. The minimum absolute atomic E-state index is 0.0557. The Morgan fingerprint density at radius 1 is 1.43 bits per heavy atom. The number of hydrogen-bond donors (Lipinski definition) is 4. The molecule has 30 heavy (non-hydrogen) atoms. The summed E-state index contributed by atoms with van der Waals surface area (Å²) >= 11 is 0.855. The maximum atomic E-state index is 12.9. The molecule has 3 atom stereocenters. The molecule has 0 aliphatic heterocycles. The summed E-state index contributed by atoms with van der Waals surface area (Å²) < 4.78 is 16.7. The van der Waals surface area contributed by atoms with Gasteiger partial charge in [-0.25, -0.2) is 19.1 Å². The number of rotatable bonds is 4. The Kier molecular flexibility index (Phi) is 5.43. The fraction of sp³-hybridized carbons (Fsp3) is 0.526. The van der Waals surface area contributed by atoms with E-state index in [0.717, 1.165) is 71.6 Å². The van der Waals surface area contributed by atoms with Crippen LogP contribution in [0.25, 0.3) is 0 Å². The molecular weight excluding hydrogens is 426 g/mol. The number of pyridine rings is 1. The van der Waals surface area contributed by atoms with Crippen LogP contribution in [0, 0.1) is 0 Å². The lowest BCUT2D eigenvalue weighted by Crippen LogP contribution is -2.25. The summed E-state index contributed by atoms with van der Waals surface area (Å²) in [5, 5.41) is 28.2. The number of aromatic nitrogens is 2. The van der Waals surface area contributed by atoms with Crippen molar-refractivity contribution in [1.82, 2.24) is 9.97 Å². The van der Waals surface area contributed by atoms with Gasteiger partial charge >= 0.3 is 6.03 Å². The van der Waals surface area contributed by atoms with Crippen LogP contribution in [-0.4, -0.2) is 37.0 Å². The average molecular weight is 452 g/mol. The number of carbonyl (C=O) groups is 1. The molecule has 0 radical (unpaired) electrons. The zero-order chi connectivity index (χ0) is 21.7. The topological polar surface area (TPSA) is 151 Å². The summed E-state index contributed by atoms with van der Waals surface area (Å²) in [6.45, 7) is 2.95. The van der Waals surface area contributed by atoms with Crippen LogP contribution in [0.4, 0.5) is 10.5 Å². The number of anilines is 1. The van der Waals surface area contributed by atoms with Gasteiger partial charge in [-0.3, -0.25) is 4.98 Å². The molecule has 2 heterocycles. The van der Waals surface area contributed by atoms with Gasteiger partial charge in [-0.2, -0.15) is 0 Å². The van der Waals surface area contributed by atoms with Gasteiger partial charge < -0.3 is 15.5 Å². The van der Waals surface area contributed by atoms with Gasteiger partial charge in [0, 0.05) is 11.4 Å². The lowest BCUT2D eigenvalue weighted by molar-refractivity contribution is -0.00244. The van der Waals surface area contributed by atoms with Gasteiger partial charge in [0.15, 0.2) is 9.92 Å². The van der Waals surface area contributed by atoms with Crippen LogP contribution in [-0.2, 0) is 34.8 Å². The van der Waals surface area contributed by atoms with Gasteiger partial charge in [0.2, 0.25) is 0 Å². The predicted octanol–water partition coefficient (Wildman–Crippen LogP) is 2.21. The SMILES string of the molecule is C[C@H]1CCc2c1nc1c(c2NC(=O)N=S(N)(=O)c2cnc([C@@](C)(O)CO)s2)CCC1. The van der Waals surface area contributed by atoms with Gasteiger partial charge in [0.05, 0.1) is 18.5 Å². The highest BCUT2D eigenvalue weighted by atomic mass is 32.2. The molecule has 2 amide bonds. The maximum Gasteiger partial charge on any atom is 0.354 e. The first-order chi connectivity index (χ1) is 14.1. The highest BCUT2D eigenvalue weighted by molar-refractivity contribution is 7.93. The van der Waals surface area contributed by atoms with Gasteiger partial charge in [-0.1, -0.05) is 6.92 Å². The van der Waals surface area contributed by atoms with Crippen LogP contribution in [0.3, 0.4) is 0 Å². The second-order valence-electron chi connectivity index (χ2n) is 8.08. The van der Waals surface area contributed by atoms with E-state index in [-0.39, 0.29) is 9.22 Å². The summed E-state index contributed by atoms with van der Waals surface area (Å²) in [6.07, 6.45) is 5.74. The molecule has 162 valence electrons. The molecule has 11 heteroatoms. The van der Waals surface area contributed by atoms with Gasteiger partial charge in [0.25, 0.3) is 0 Å². The molecule has 5 N–H and O–H groups in total. The van der Waals surface area contributed by atoms with Crippen LogP contribution in [0.2, 0.25) is 0 Å². The number of aliphatic hydroxyl groups excluding tert-OH is 1. The molecule has 1 unspecified atom stereocenters. The van der Waals surface area contributed by atoms with Crippen molar-refractivity contribution >= 4 is 33.0 Å². The Bertz CT molecular complexity index is 1130. The van der Waals surface area contributed by atoms with E-state index in [2.05, 4.69) is 21.6 Å². The molecule has 0 aromatic carbocycles. The van der Waals surface area contributed by atoms with Crippen molar-refractivity contribution in [2.75, 3.05) is 11.9 Å². The van der Waals surface area contributed by atoms with E-state index in [1.54, 1.807) is 0 Å². The average Bonchev–Trinajstić information content (AvgIpc) is 3.41. The summed E-state index contributed by atoms with van der Waals surface area (Å²) in [6, 6.07) is -0.784. The first-order valence-electron chi connectivity index (χ1n) is 9.82. The fourth-order valence-electron chi connectivity index (χ4n) is 3.96. The molecule has 4 rings (SSSR count). The lowest BCUT2D eigenvalue weighted by atomic mass is 10.0. The van der Waals surface area contributed by atoms with Gasteiger partial charge in [0.1, 0.15) is 14.8 Å². The highest BCUT2D eigenvalue weighted by Gasteiger charge is 2.31. The number of nitrogens with one attached hydrogen (secondary N) is 1. The van der Waals surface area contributed by atoms with Crippen LogP contribution in [0.15, 0.2) is 14.8 Å². The molecule has 0 saturated heterocycles. The monoisotopic (exact) mass is 451 g/mol. The standard InChI is InChI=1S/C19H25N5O4S2/c1-10-6-7-12-15(10)22-13-5-3-4-11(13)16(12)23-18(26)24-30(20,28)14-8-21-17(29-14)19(2,27)9-25/h8,10,25,27H,3-7,9H2,1-2H3,(H3,20,22,23,24,26,28)/t10-,19-,30?/m0/s1. The van der Waals surface area contributed by atoms with Crippen molar-refractivity contribution in [3.8, 4) is 0 Å². The molecule has 0 spiro atoms. The second-order valence-corrected chi connectivity index (χ2v) is 11.1. The zero-order valence-corrected chi connectivity index (χ0v) is 18.5. The van der Waals surface area contributed by atoms with Gasteiger partial charge in [-0.15, -0.1) is 15.7 Å². The van der Waals surface area contributed by atoms with E-state index >= 15 is 0 Å². The van der Waals surface area contributed by atoms with E-state index < -0.39 is 28.2 Å². The van der Waals surface area contributed by atoms with Crippen LogP contribution in [0.1, 0.15) is 60.1 Å². The van der Waals surface area contributed by atoms with Crippen LogP contribution in [0.5, 0.6) is 0 Å². The van der Waals surface area contributed by atoms with E-state index in [1.165, 1.54) is 13.1 Å². The number of fused-ring (bicyclic) bond motifs is 2. The zero-order valence-electron chi connectivity index (χ0n) is 16.8. The molecular formula is C19H25N5O4S2. The molecule has 9 nitrogen and oxygen atoms in total. The number of carbonyl (C=O) groups excluding carboxylic acids is 1. The Labute approximate surface area is 179 Å². The number of urea groups is 1. The second kappa shape index (κ2) is 7.65. The van der Waals surface area contributed by atoms with E-state index in [1.807, 2.05) is 0 Å². The number of hydrogen-bond acceptors (Lipinski definition) is 7. The molecule has 0 fully saturated rings. The number of aliphatic hydroxyl groups is 2. The number of amides is 2. The summed E-state index contributed by atoms with van der Waals surface area (Å²) in [7, 11) is -3.56. The van der Waals surface area contributed by atoms with Crippen LogP contribution < -0.4 is 10.5 Å². The smallest absolute Gasteiger partial charge is 0.354 e. The quantitative estimate of drug-likeness (QED) is 0.559. The largest absolute Gasteiger partial charge is 0.393 e. The summed E-state index contributed by atoms with van der Waals surface area (Å²) in [4.78, 5) is 21.5. The van der Waals surface area contributed by atoms with Gasteiger partial charge in [-0.05, 0) is 56.1 Å². The van der Waals surface area contributed by atoms with E-state index in [0.29, 0.717) is 5.92 Å². The third-order valence-electron chi connectivity index (χ3n) is 5.64. The Morgan fingerprint density at radius 3 is 2.93 bits per heavy atom. The van der Waals surface area contributed by atoms with Crippen LogP contribution >= 0.6 is 11.3 Å².